The summed E-state index contributed by atoms with van der Waals surface area (Å²) in [6, 6.07) is 17.4. The second-order valence-electron chi connectivity index (χ2n) is 5.51. The second kappa shape index (κ2) is 7.08. The van der Waals surface area contributed by atoms with Crippen molar-refractivity contribution >= 4 is 16.1 Å². The largest absolute Gasteiger partial charge is 0.372 e. The molecule has 3 rings (SSSR count). The molecule has 0 aliphatic carbocycles. The molecular weight excluding hydrogens is 310 g/mol. The van der Waals surface area contributed by atoms with Gasteiger partial charge in [0.05, 0.1) is 12.7 Å². The molecule has 2 aromatic rings. The summed E-state index contributed by atoms with van der Waals surface area (Å²) in [4.78, 5) is 0. The average molecular weight is 329 g/mol. The molecule has 1 unspecified atom stereocenters. The highest BCUT2D eigenvalue weighted by molar-refractivity contribution is 7.92. The fourth-order valence-electron chi connectivity index (χ4n) is 2.53. The van der Waals surface area contributed by atoms with E-state index >= 15 is 0 Å². The third kappa shape index (κ3) is 4.51. The number of benzene rings is 2. The first kappa shape index (κ1) is 15.9. The Kier molecular flexibility index (Phi) is 4.91. The van der Waals surface area contributed by atoms with Gasteiger partial charge in [0.15, 0.2) is 0 Å². The molecule has 1 heterocycles. The number of hydrogen-bond donors (Lipinski definition) is 1. The third-order valence-corrected chi connectivity index (χ3v) is 4.86. The monoisotopic (exact) mass is 329 g/mol. The Bertz CT molecular complexity index is 785. The molecule has 0 bridgehead atoms. The van der Waals surface area contributed by atoms with Gasteiger partial charge in [-0.05, 0) is 22.8 Å². The first-order valence-electron chi connectivity index (χ1n) is 7.53. The summed E-state index contributed by atoms with van der Waals surface area (Å²) in [5, 5.41) is 1.19. The first-order chi connectivity index (χ1) is 11.1. The number of fused-ring (bicyclic) bond motifs is 1. The van der Waals surface area contributed by atoms with Crippen LogP contribution in [0.5, 0.6) is 0 Å². The van der Waals surface area contributed by atoms with Crippen molar-refractivity contribution in [1.29, 1.82) is 0 Å². The van der Waals surface area contributed by atoms with Crippen molar-refractivity contribution in [3.63, 3.8) is 0 Å². The van der Waals surface area contributed by atoms with Gasteiger partial charge in [0.2, 0.25) is 10.0 Å². The van der Waals surface area contributed by atoms with Crippen molar-refractivity contribution in [2.75, 3.05) is 6.54 Å². The van der Waals surface area contributed by atoms with Crippen LogP contribution in [0.2, 0.25) is 0 Å². The zero-order valence-corrected chi connectivity index (χ0v) is 13.5. The molecule has 120 valence electrons. The van der Waals surface area contributed by atoms with E-state index in [1.165, 1.54) is 16.5 Å². The molecule has 1 aliphatic rings. The van der Waals surface area contributed by atoms with Gasteiger partial charge in [-0.25, -0.2) is 13.1 Å². The molecule has 5 heteroatoms. The van der Waals surface area contributed by atoms with E-state index < -0.39 is 10.0 Å². The summed E-state index contributed by atoms with van der Waals surface area (Å²) in [6.45, 7) is 0.804. The molecule has 1 N–H and O–H groups in total. The molecular formula is C18H19NO3S. The molecule has 0 saturated carbocycles. The van der Waals surface area contributed by atoms with E-state index in [4.69, 9.17) is 4.74 Å². The van der Waals surface area contributed by atoms with Crippen molar-refractivity contribution in [3.8, 4) is 0 Å². The predicted molar refractivity (Wildman–Crippen MR) is 91.1 cm³/mol. The number of sulfonamides is 1. The van der Waals surface area contributed by atoms with Crippen LogP contribution < -0.4 is 4.72 Å². The Morgan fingerprint density at radius 3 is 2.52 bits per heavy atom. The fraction of sp³-hybridized carbons (Fsp3) is 0.222. The quantitative estimate of drug-likeness (QED) is 0.918. The van der Waals surface area contributed by atoms with Crippen LogP contribution in [0, 0.1) is 0 Å². The number of rotatable bonds is 5. The maximum Gasteiger partial charge on any atom is 0.233 e. The van der Waals surface area contributed by atoms with Gasteiger partial charge >= 0.3 is 0 Å². The molecule has 4 nitrogen and oxygen atoms in total. The maximum atomic E-state index is 12.0. The van der Waals surface area contributed by atoms with Crippen LogP contribution in [0.4, 0.5) is 0 Å². The van der Waals surface area contributed by atoms with E-state index in [9.17, 15) is 8.42 Å². The van der Waals surface area contributed by atoms with Gasteiger partial charge in [-0.15, -0.1) is 0 Å². The van der Waals surface area contributed by atoms with E-state index in [0.29, 0.717) is 6.61 Å². The summed E-state index contributed by atoms with van der Waals surface area (Å²) in [5.74, 6) is 0. The van der Waals surface area contributed by atoms with Crippen LogP contribution in [-0.2, 0) is 27.8 Å². The fourth-order valence-corrected chi connectivity index (χ4v) is 3.38. The van der Waals surface area contributed by atoms with E-state index in [1.54, 1.807) is 6.08 Å². The summed E-state index contributed by atoms with van der Waals surface area (Å²) in [5.41, 5.74) is 3.25. The Hall–Kier alpha value is -1.95. The van der Waals surface area contributed by atoms with E-state index in [-0.39, 0.29) is 12.6 Å². The molecule has 2 aromatic carbocycles. The first-order valence-corrected chi connectivity index (χ1v) is 9.08. The number of ether oxygens (including phenoxy) is 1. The molecule has 1 atom stereocenters. The van der Waals surface area contributed by atoms with Crippen molar-refractivity contribution in [2.45, 2.75) is 19.1 Å². The lowest BCUT2D eigenvalue weighted by molar-refractivity contribution is 0.0323. The van der Waals surface area contributed by atoms with Gasteiger partial charge in [0.1, 0.15) is 0 Å². The van der Waals surface area contributed by atoms with Crippen LogP contribution >= 0.6 is 0 Å². The van der Waals surface area contributed by atoms with Gasteiger partial charge < -0.3 is 4.74 Å². The summed E-state index contributed by atoms with van der Waals surface area (Å²) < 4.78 is 32.4. The van der Waals surface area contributed by atoms with Gasteiger partial charge in [-0.2, -0.15) is 0 Å². The lowest BCUT2D eigenvalue weighted by Gasteiger charge is -2.25. The molecule has 0 saturated heterocycles. The molecule has 0 radical (unpaired) electrons. The van der Waals surface area contributed by atoms with Gasteiger partial charge in [-0.3, -0.25) is 0 Å². The van der Waals surface area contributed by atoms with Crippen LogP contribution in [0.25, 0.3) is 6.08 Å². The van der Waals surface area contributed by atoms with Crippen molar-refractivity contribution in [2.24, 2.45) is 0 Å². The SMILES string of the molecule is O=S(=O)(/C=C/c1ccccc1)NCC1Cc2ccccc2CO1. The average Bonchev–Trinajstić information content (AvgIpc) is 2.59. The lowest BCUT2D eigenvalue weighted by Crippen LogP contribution is -2.35. The second-order valence-corrected chi connectivity index (χ2v) is 7.16. The predicted octanol–water partition coefficient (Wildman–Crippen LogP) is 2.72. The minimum atomic E-state index is -3.47. The molecule has 0 fully saturated rings. The van der Waals surface area contributed by atoms with Crippen molar-refractivity contribution in [3.05, 3.63) is 76.7 Å². The third-order valence-electron chi connectivity index (χ3n) is 3.79. The molecule has 23 heavy (non-hydrogen) atoms. The zero-order valence-electron chi connectivity index (χ0n) is 12.7. The van der Waals surface area contributed by atoms with Gasteiger partial charge in [-0.1, -0.05) is 54.6 Å². The van der Waals surface area contributed by atoms with Crippen molar-refractivity contribution in [1.82, 2.24) is 4.72 Å². The lowest BCUT2D eigenvalue weighted by atomic mass is 9.99. The topological polar surface area (TPSA) is 55.4 Å². The van der Waals surface area contributed by atoms with Gasteiger partial charge in [0.25, 0.3) is 0 Å². The summed E-state index contributed by atoms with van der Waals surface area (Å²) >= 11 is 0. The number of nitrogens with one attached hydrogen (secondary N) is 1. The molecule has 0 spiro atoms. The smallest absolute Gasteiger partial charge is 0.233 e. The minimum Gasteiger partial charge on any atom is -0.372 e. The summed E-state index contributed by atoms with van der Waals surface area (Å²) in [7, 11) is -3.47. The Balaban J connectivity index is 1.57. The van der Waals surface area contributed by atoms with Crippen molar-refractivity contribution < 1.29 is 13.2 Å². The Labute approximate surface area is 136 Å². The van der Waals surface area contributed by atoms with Crippen LogP contribution in [-0.4, -0.2) is 21.1 Å². The van der Waals surface area contributed by atoms with Crippen LogP contribution in [0.15, 0.2) is 60.0 Å². The normalized spacial score (nSPS) is 18.0. The van der Waals surface area contributed by atoms with Gasteiger partial charge in [0, 0.05) is 18.4 Å². The highest BCUT2D eigenvalue weighted by Gasteiger charge is 2.20. The highest BCUT2D eigenvalue weighted by Crippen LogP contribution is 2.20. The summed E-state index contributed by atoms with van der Waals surface area (Å²) in [6.07, 6.45) is 2.17. The van der Waals surface area contributed by atoms with Crippen LogP contribution in [0.3, 0.4) is 0 Å². The highest BCUT2D eigenvalue weighted by atomic mass is 32.2. The minimum absolute atomic E-state index is 0.134. The Morgan fingerprint density at radius 2 is 1.74 bits per heavy atom. The number of hydrogen-bond acceptors (Lipinski definition) is 3. The standard InChI is InChI=1S/C18H19NO3S/c20-23(21,11-10-15-6-2-1-3-7-15)19-13-18-12-16-8-4-5-9-17(16)14-22-18/h1-11,18-19H,12-14H2/b11-10+. The van der Waals surface area contributed by atoms with Crippen LogP contribution in [0.1, 0.15) is 16.7 Å². The molecule has 0 amide bonds. The Morgan fingerprint density at radius 1 is 1.04 bits per heavy atom. The zero-order chi connectivity index (χ0) is 16.1. The maximum absolute atomic E-state index is 12.0. The van der Waals surface area contributed by atoms with E-state index in [0.717, 1.165) is 12.0 Å². The molecule has 0 aromatic heterocycles. The van der Waals surface area contributed by atoms with E-state index in [2.05, 4.69) is 10.8 Å². The van der Waals surface area contributed by atoms with E-state index in [1.807, 2.05) is 48.5 Å². The molecule has 1 aliphatic heterocycles.